The van der Waals surface area contributed by atoms with Crippen LogP contribution in [0.3, 0.4) is 0 Å². The molecule has 1 atom stereocenters. The van der Waals surface area contributed by atoms with Crippen LogP contribution < -0.4 is 23.8 Å². The summed E-state index contributed by atoms with van der Waals surface area (Å²) >= 11 is 0. The van der Waals surface area contributed by atoms with Crippen molar-refractivity contribution in [2.45, 2.75) is 51.6 Å². The average molecular weight is 612 g/mol. The van der Waals surface area contributed by atoms with E-state index in [-0.39, 0.29) is 28.8 Å². The number of amides is 2. The zero-order valence-corrected chi connectivity index (χ0v) is 26.4. The lowest BCUT2D eigenvalue weighted by Crippen LogP contribution is -2.52. The third-order valence-electron chi connectivity index (χ3n) is 6.87. The normalized spacial score (nSPS) is 11.8. The molecule has 0 saturated heterocycles. The maximum absolute atomic E-state index is 14.2. The molecular formula is C32H41N3O7S. The van der Waals surface area contributed by atoms with Gasteiger partial charge in [-0.05, 0) is 69.2 Å². The highest BCUT2D eigenvalue weighted by Gasteiger charge is 2.34. The number of likely N-dealkylation sites (N-methyl/N-ethyl adjacent to an activating group) is 1. The minimum absolute atomic E-state index is 0.0901. The summed E-state index contributed by atoms with van der Waals surface area (Å²) in [5.74, 6) is 0.314. The van der Waals surface area contributed by atoms with Gasteiger partial charge in [0.15, 0.2) is 11.5 Å². The molecule has 10 nitrogen and oxygen atoms in total. The van der Waals surface area contributed by atoms with Crippen LogP contribution in [0.1, 0.15) is 38.3 Å². The van der Waals surface area contributed by atoms with Crippen LogP contribution in [0.25, 0.3) is 0 Å². The highest BCUT2D eigenvalue weighted by molar-refractivity contribution is 7.92. The Bertz CT molecular complexity index is 1480. The molecule has 11 heteroatoms. The minimum Gasteiger partial charge on any atom is -0.494 e. The monoisotopic (exact) mass is 611 g/mol. The number of hydrogen-bond donors (Lipinski definition) is 1. The Kier molecular flexibility index (Phi) is 11.8. The lowest BCUT2D eigenvalue weighted by atomic mass is 10.1. The van der Waals surface area contributed by atoms with Gasteiger partial charge in [-0.15, -0.1) is 0 Å². The van der Waals surface area contributed by atoms with E-state index in [1.165, 1.54) is 37.3 Å². The first-order chi connectivity index (χ1) is 20.6. The number of hydrogen-bond acceptors (Lipinski definition) is 7. The van der Waals surface area contributed by atoms with Gasteiger partial charge in [-0.2, -0.15) is 0 Å². The summed E-state index contributed by atoms with van der Waals surface area (Å²) < 4.78 is 45.6. The zero-order valence-electron chi connectivity index (χ0n) is 25.6. The number of carbonyl (C=O) groups is 2. The van der Waals surface area contributed by atoms with Gasteiger partial charge in [0.1, 0.15) is 18.3 Å². The number of nitrogens with zero attached hydrogens (tertiary/aromatic N) is 2. The Morgan fingerprint density at radius 1 is 0.884 bits per heavy atom. The molecule has 0 radical (unpaired) electrons. The molecule has 1 N–H and O–H groups in total. The third-order valence-corrected chi connectivity index (χ3v) is 8.64. The number of ether oxygens (including phenoxy) is 3. The molecule has 0 unspecified atom stereocenters. The van der Waals surface area contributed by atoms with Crippen molar-refractivity contribution in [2.75, 3.05) is 38.2 Å². The van der Waals surface area contributed by atoms with Gasteiger partial charge < -0.3 is 24.4 Å². The predicted molar refractivity (Wildman–Crippen MR) is 166 cm³/mol. The maximum atomic E-state index is 14.2. The SMILES string of the molecule is CCNC(=O)[C@H](CC)N(Cc1ccc(C)cc1)C(=O)CN(c1ccc(OCC)cc1)S(=O)(=O)c1ccc(OC)c(OC)c1. The molecule has 0 heterocycles. The van der Waals surface area contributed by atoms with Crippen molar-refractivity contribution >= 4 is 27.5 Å². The Morgan fingerprint density at radius 2 is 1.53 bits per heavy atom. The predicted octanol–water partition coefficient (Wildman–Crippen LogP) is 4.55. The number of nitrogens with one attached hydrogen (secondary N) is 1. The lowest BCUT2D eigenvalue weighted by Gasteiger charge is -2.33. The molecule has 2 amide bonds. The fourth-order valence-corrected chi connectivity index (χ4v) is 6.04. The summed E-state index contributed by atoms with van der Waals surface area (Å²) in [7, 11) is -1.43. The molecule has 3 aromatic rings. The van der Waals surface area contributed by atoms with E-state index in [1.54, 1.807) is 31.2 Å². The molecule has 232 valence electrons. The van der Waals surface area contributed by atoms with Gasteiger partial charge in [-0.3, -0.25) is 13.9 Å². The van der Waals surface area contributed by atoms with Crippen LogP contribution in [0, 0.1) is 6.92 Å². The first kappa shape index (κ1) is 33.3. The standard InChI is InChI=1S/C32H41N3O7S/c1-7-28(32(37)33-8-2)34(21-24-12-10-23(4)11-13-24)31(36)22-35(25-14-16-26(17-15-25)42-9-3)43(38,39)27-18-19-29(40-5)30(20-27)41-6/h10-20,28H,7-9,21-22H2,1-6H3,(H,33,37)/t28-/m0/s1. The van der Waals surface area contributed by atoms with Gasteiger partial charge in [-0.25, -0.2) is 8.42 Å². The Balaban J connectivity index is 2.10. The molecule has 0 aromatic heterocycles. The van der Waals surface area contributed by atoms with E-state index in [0.29, 0.717) is 31.1 Å². The summed E-state index contributed by atoms with van der Waals surface area (Å²) in [6.07, 6.45) is 0.342. The van der Waals surface area contributed by atoms with Gasteiger partial charge in [0.25, 0.3) is 10.0 Å². The van der Waals surface area contributed by atoms with Crippen LogP contribution in [0.5, 0.6) is 17.2 Å². The summed E-state index contributed by atoms with van der Waals surface area (Å²) in [6.45, 7) is 7.85. The van der Waals surface area contributed by atoms with Crippen LogP contribution >= 0.6 is 0 Å². The van der Waals surface area contributed by atoms with E-state index in [4.69, 9.17) is 14.2 Å². The topological polar surface area (TPSA) is 114 Å². The highest BCUT2D eigenvalue weighted by Crippen LogP contribution is 2.33. The lowest BCUT2D eigenvalue weighted by molar-refractivity contribution is -0.140. The molecule has 0 aliphatic carbocycles. The number of methoxy groups -OCH3 is 2. The van der Waals surface area contributed by atoms with Gasteiger partial charge in [0, 0.05) is 19.2 Å². The molecule has 0 aliphatic rings. The Hall–Kier alpha value is -4.25. The quantitative estimate of drug-likeness (QED) is 0.268. The molecule has 0 aliphatic heterocycles. The average Bonchev–Trinajstić information content (AvgIpc) is 3.01. The van der Waals surface area contributed by atoms with E-state index in [0.717, 1.165) is 15.4 Å². The molecule has 0 saturated carbocycles. The Morgan fingerprint density at radius 3 is 2.09 bits per heavy atom. The third kappa shape index (κ3) is 8.19. The smallest absolute Gasteiger partial charge is 0.264 e. The van der Waals surface area contributed by atoms with Crippen molar-refractivity contribution in [1.82, 2.24) is 10.2 Å². The number of sulfonamides is 1. The first-order valence-electron chi connectivity index (χ1n) is 14.2. The van der Waals surface area contributed by atoms with Gasteiger partial charge in [-0.1, -0.05) is 36.8 Å². The molecule has 43 heavy (non-hydrogen) atoms. The van der Waals surface area contributed by atoms with Crippen LogP contribution in [-0.2, 0) is 26.2 Å². The fraction of sp³-hybridized carbons (Fsp3) is 0.375. The van der Waals surface area contributed by atoms with Crippen LogP contribution in [-0.4, -0.2) is 65.1 Å². The number of rotatable bonds is 15. The number of anilines is 1. The number of aryl methyl sites for hydroxylation is 1. The van der Waals surface area contributed by atoms with Crippen LogP contribution in [0.15, 0.2) is 71.6 Å². The number of carbonyl (C=O) groups excluding carboxylic acids is 2. The molecular weight excluding hydrogens is 570 g/mol. The molecule has 3 rings (SSSR count). The summed E-state index contributed by atoms with van der Waals surface area (Å²) in [6, 6.07) is 17.6. The molecule has 0 bridgehead atoms. The van der Waals surface area contributed by atoms with E-state index in [2.05, 4.69) is 5.32 Å². The first-order valence-corrected chi connectivity index (χ1v) is 15.6. The van der Waals surface area contributed by atoms with Crippen LogP contribution in [0.4, 0.5) is 5.69 Å². The summed E-state index contributed by atoms with van der Waals surface area (Å²) in [5.41, 5.74) is 2.13. The summed E-state index contributed by atoms with van der Waals surface area (Å²) in [5, 5.41) is 2.81. The molecule has 3 aromatic carbocycles. The van der Waals surface area contributed by atoms with Gasteiger partial charge in [0.05, 0.1) is 31.4 Å². The van der Waals surface area contributed by atoms with Crippen molar-refractivity contribution in [3.63, 3.8) is 0 Å². The van der Waals surface area contributed by atoms with Crippen molar-refractivity contribution in [1.29, 1.82) is 0 Å². The van der Waals surface area contributed by atoms with E-state index in [1.807, 2.05) is 45.0 Å². The fourth-order valence-electron chi connectivity index (χ4n) is 4.61. The largest absolute Gasteiger partial charge is 0.494 e. The van der Waals surface area contributed by atoms with Crippen molar-refractivity contribution in [3.05, 3.63) is 77.9 Å². The van der Waals surface area contributed by atoms with Crippen molar-refractivity contribution < 1.29 is 32.2 Å². The Labute approximate surface area is 254 Å². The van der Waals surface area contributed by atoms with E-state index < -0.39 is 28.5 Å². The second-order valence-corrected chi connectivity index (χ2v) is 11.6. The van der Waals surface area contributed by atoms with Gasteiger partial charge >= 0.3 is 0 Å². The minimum atomic E-state index is -4.30. The van der Waals surface area contributed by atoms with E-state index in [9.17, 15) is 18.0 Å². The second kappa shape index (κ2) is 15.3. The van der Waals surface area contributed by atoms with Crippen molar-refractivity contribution in [2.24, 2.45) is 0 Å². The maximum Gasteiger partial charge on any atom is 0.264 e. The molecule has 0 fully saturated rings. The van der Waals surface area contributed by atoms with E-state index >= 15 is 0 Å². The summed E-state index contributed by atoms with van der Waals surface area (Å²) in [4.78, 5) is 28.6. The van der Waals surface area contributed by atoms with Crippen LogP contribution in [0.2, 0.25) is 0 Å². The number of benzene rings is 3. The van der Waals surface area contributed by atoms with Gasteiger partial charge in [0.2, 0.25) is 11.8 Å². The highest BCUT2D eigenvalue weighted by atomic mass is 32.2. The molecule has 0 spiro atoms. The zero-order chi connectivity index (χ0) is 31.6. The second-order valence-electron chi connectivity index (χ2n) is 9.78. The van der Waals surface area contributed by atoms with Crippen molar-refractivity contribution in [3.8, 4) is 17.2 Å².